The highest BCUT2D eigenvalue weighted by Gasteiger charge is 1.91. The van der Waals surface area contributed by atoms with Crippen molar-refractivity contribution in [3.05, 3.63) is 24.8 Å². The molecule has 4 nitrogen and oxygen atoms in total. The quantitative estimate of drug-likeness (QED) is 0.513. The zero-order valence-corrected chi connectivity index (χ0v) is 5.02. The van der Waals surface area contributed by atoms with E-state index in [1.807, 2.05) is 0 Å². The minimum absolute atomic E-state index is 0.581. The van der Waals surface area contributed by atoms with Gasteiger partial charge in [-0.1, -0.05) is 0 Å². The van der Waals surface area contributed by atoms with Crippen LogP contribution in [0, 0.1) is 6.33 Å². The van der Waals surface area contributed by atoms with Gasteiger partial charge >= 0.3 is 0 Å². The van der Waals surface area contributed by atoms with Gasteiger partial charge in [0.1, 0.15) is 0 Å². The lowest BCUT2D eigenvalue weighted by Crippen LogP contribution is -1.86. The van der Waals surface area contributed by atoms with Crippen LogP contribution in [0.1, 0.15) is 0 Å². The van der Waals surface area contributed by atoms with Crippen molar-refractivity contribution < 1.29 is 0 Å². The van der Waals surface area contributed by atoms with Crippen LogP contribution in [-0.4, -0.2) is 20.2 Å². The predicted molar refractivity (Wildman–Crippen MR) is 34.0 cm³/mol. The first kappa shape index (κ1) is 5.22. The van der Waals surface area contributed by atoms with Crippen LogP contribution in [0.2, 0.25) is 0 Å². The molecule has 0 saturated carbocycles. The number of nitrogens with zero attached hydrogens (tertiary/aromatic N) is 4. The number of hydrogen-bond donors (Lipinski definition) is 0. The van der Waals surface area contributed by atoms with Gasteiger partial charge in [0.15, 0.2) is 12.0 Å². The summed E-state index contributed by atoms with van der Waals surface area (Å²) in [5, 5.41) is 8.28. The van der Waals surface area contributed by atoms with Gasteiger partial charge in [0, 0.05) is 11.6 Å². The highest BCUT2D eigenvalue weighted by molar-refractivity contribution is 5.71. The maximum absolute atomic E-state index is 3.77. The minimum atomic E-state index is 0.581. The second-order valence-electron chi connectivity index (χ2n) is 1.78. The molecule has 10 heavy (non-hydrogen) atoms. The molecule has 2 aromatic rings. The van der Waals surface area contributed by atoms with Crippen molar-refractivity contribution in [1.29, 1.82) is 0 Å². The van der Waals surface area contributed by atoms with Gasteiger partial charge in [-0.2, -0.15) is 5.10 Å². The number of aromatic nitrogens is 4. The van der Waals surface area contributed by atoms with Crippen LogP contribution in [0.4, 0.5) is 0 Å². The molecule has 0 bridgehead atoms. The second kappa shape index (κ2) is 1.98. The largest absolute Gasteiger partial charge is 0.233 e. The third-order valence-electron chi connectivity index (χ3n) is 1.15. The molecule has 2 rings (SSSR count). The van der Waals surface area contributed by atoms with Gasteiger partial charge in [-0.05, 0) is 6.07 Å². The average Bonchev–Trinajstić information content (AvgIpc) is 2.05. The summed E-state index contributed by atoms with van der Waals surface area (Å²) in [6.45, 7) is 0. The molecule has 0 spiro atoms. The molecular weight excluding hydrogens is 128 g/mol. The van der Waals surface area contributed by atoms with E-state index in [1.165, 1.54) is 0 Å². The van der Waals surface area contributed by atoms with Crippen molar-refractivity contribution >= 4 is 11.0 Å². The molecule has 0 aromatic carbocycles. The summed E-state index contributed by atoms with van der Waals surface area (Å²) in [6, 6.07) is 1.80. The molecule has 1 radical (unpaired) electrons. The lowest BCUT2D eigenvalue weighted by atomic mass is 10.4. The van der Waals surface area contributed by atoms with Crippen molar-refractivity contribution in [2.45, 2.75) is 0 Å². The Bertz CT molecular complexity index is 281. The molecule has 0 amide bonds. The highest BCUT2D eigenvalue weighted by Crippen LogP contribution is 2.00. The van der Waals surface area contributed by atoms with E-state index in [-0.39, 0.29) is 0 Å². The van der Waals surface area contributed by atoms with E-state index in [1.54, 1.807) is 18.5 Å². The summed E-state index contributed by atoms with van der Waals surface area (Å²) in [7, 11) is 0. The average molecular weight is 131 g/mol. The van der Waals surface area contributed by atoms with Gasteiger partial charge in [-0.15, -0.1) is 5.10 Å². The van der Waals surface area contributed by atoms with Crippen LogP contribution in [0.15, 0.2) is 18.5 Å². The molecule has 2 aromatic heterocycles. The summed E-state index contributed by atoms with van der Waals surface area (Å²) in [5.74, 6) is 0. The van der Waals surface area contributed by atoms with Crippen LogP contribution in [0.25, 0.3) is 11.0 Å². The van der Waals surface area contributed by atoms with Crippen molar-refractivity contribution in [1.82, 2.24) is 20.2 Å². The Kier molecular flexibility index (Phi) is 1.04. The van der Waals surface area contributed by atoms with Gasteiger partial charge in [0.2, 0.25) is 0 Å². The summed E-state index contributed by atoms with van der Waals surface area (Å²) in [5.41, 5.74) is 0.581. The van der Waals surface area contributed by atoms with Crippen molar-refractivity contribution in [3.63, 3.8) is 0 Å². The number of fused-ring (bicyclic) bond motifs is 1. The molecule has 0 fully saturated rings. The highest BCUT2D eigenvalue weighted by atomic mass is 15.1. The normalized spacial score (nSPS) is 10.0. The zero-order chi connectivity index (χ0) is 6.81. The third-order valence-corrected chi connectivity index (χ3v) is 1.15. The minimum Gasteiger partial charge on any atom is -0.233 e. The molecule has 0 N–H and O–H groups in total. The van der Waals surface area contributed by atoms with Gasteiger partial charge in [0.25, 0.3) is 0 Å². The molecule has 0 aliphatic rings. The SMILES string of the molecule is [c]1ncc2ccnnc2n1. The molecular formula is C6H3N4. The molecule has 0 aliphatic carbocycles. The zero-order valence-electron chi connectivity index (χ0n) is 5.02. The van der Waals surface area contributed by atoms with E-state index >= 15 is 0 Å². The Hall–Kier alpha value is -1.58. The van der Waals surface area contributed by atoms with Crippen LogP contribution in [-0.2, 0) is 0 Å². The molecule has 0 atom stereocenters. The summed E-state index contributed by atoms with van der Waals surface area (Å²) in [6.07, 6.45) is 5.69. The summed E-state index contributed by atoms with van der Waals surface area (Å²) >= 11 is 0. The van der Waals surface area contributed by atoms with Crippen molar-refractivity contribution in [3.8, 4) is 0 Å². The molecule has 0 unspecified atom stereocenters. The van der Waals surface area contributed by atoms with E-state index in [0.717, 1.165) is 5.39 Å². The maximum Gasteiger partial charge on any atom is 0.199 e. The summed E-state index contributed by atoms with van der Waals surface area (Å²) in [4.78, 5) is 7.48. The lowest BCUT2D eigenvalue weighted by molar-refractivity contribution is 1.03. The Balaban J connectivity index is 2.89. The van der Waals surface area contributed by atoms with Gasteiger partial charge < -0.3 is 0 Å². The predicted octanol–water partition coefficient (Wildman–Crippen LogP) is 0.220. The van der Waals surface area contributed by atoms with Crippen LogP contribution in [0.3, 0.4) is 0 Å². The number of rotatable bonds is 0. The van der Waals surface area contributed by atoms with E-state index < -0.39 is 0 Å². The topological polar surface area (TPSA) is 51.6 Å². The first-order chi connectivity index (χ1) is 4.97. The first-order valence-corrected chi connectivity index (χ1v) is 2.77. The van der Waals surface area contributed by atoms with Gasteiger partial charge in [-0.3, -0.25) is 0 Å². The monoisotopic (exact) mass is 131 g/mol. The lowest BCUT2D eigenvalue weighted by Gasteiger charge is -1.88. The van der Waals surface area contributed by atoms with Crippen molar-refractivity contribution in [2.24, 2.45) is 0 Å². The standard InChI is InChI=1S/C6H3N4/c1-2-9-10-6-5(1)3-7-4-8-6/h1-3H. The van der Waals surface area contributed by atoms with Crippen LogP contribution in [0.5, 0.6) is 0 Å². The van der Waals surface area contributed by atoms with E-state index in [0.29, 0.717) is 5.65 Å². The van der Waals surface area contributed by atoms with E-state index in [9.17, 15) is 0 Å². The fourth-order valence-corrected chi connectivity index (χ4v) is 0.696. The van der Waals surface area contributed by atoms with Crippen molar-refractivity contribution in [2.75, 3.05) is 0 Å². The molecule has 47 valence electrons. The smallest absolute Gasteiger partial charge is 0.199 e. The van der Waals surface area contributed by atoms with Crippen LogP contribution >= 0.6 is 0 Å². The first-order valence-electron chi connectivity index (χ1n) is 2.77. The summed E-state index contributed by atoms with van der Waals surface area (Å²) < 4.78 is 0. The maximum atomic E-state index is 3.77. The van der Waals surface area contributed by atoms with Crippen LogP contribution < -0.4 is 0 Å². The Morgan fingerprint density at radius 3 is 3.30 bits per heavy atom. The van der Waals surface area contributed by atoms with E-state index in [4.69, 9.17) is 0 Å². The molecule has 2 heterocycles. The fourth-order valence-electron chi connectivity index (χ4n) is 0.696. The fraction of sp³-hybridized carbons (Fsp3) is 0. The van der Waals surface area contributed by atoms with E-state index in [2.05, 4.69) is 26.5 Å². The second-order valence-corrected chi connectivity index (χ2v) is 1.78. The molecule has 0 saturated heterocycles. The molecule has 4 heteroatoms. The Morgan fingerprint density at radius 2 is 2.40 bits per heavy atom. The van der Waals surface area contributed by atoms with Gasteiger partial charge in [0.05, 0.1) is 6.20 Å². The number of hydrogen-bond acceptors (Lipinski definition) is 4. The Morgan fingerprint density at radius 1 is 1.40 bits per heavy atom. The molecule has 0 aliphatic heterocycles. The third kappa shape index (κ3) is 0.699. The Labute approximate surface area is 57.0 Å². The van der Waals surface area contributed by atoms with Gasteiger partial charge in [-0.25, -0.2) is 9.97 Å².